The first-order valence-corrected chi connectivity index (χ1v) is 17.2. The molecule has 0 aliphatic carbocycles. The topological polar surface area (TPSA) is 189 Å². The van der Waals surface area contributed by atoms with Crippen molar-refractivity contribution in [2.45, 2.75) is 156 Å². The van der Waals surface area contributed by atoms with Crippen LogP contribution in [0.5, 0.6) is 0 Å². The van der Waals surface area contributed by atoms with Crippen molar-refractivity contribution in [2.24, 2.45) is 17.8 Å². The fourth-order valence-corrected chi connectivity index (χ4v) is 4.93. The highest BCUT2D eigenvalue weighted by atomic mass is 16.8. The fraction of sp³-hybridized carbons (Fsp3) is 0.853. The molecule has 0 aromatic rings. The van der Waals surface area contributed by atoms with Gasteiger partial charge in [-0.25, -0.2) is 0 Å². The minimum absolute atomic E-state index is 0.00391. The summed E-state index contributed by atoms with van der Waals surface area (Å²) in [4.78, 5) is 63.0. The van der Waals surface area contributed by atoms with Crippen LogP contribution in [0, 0.1) is 17.8 Å². The smallest absolute Gasteiger partial charge is 0.308 e. The summed E-state index contributed by atoms with van der Waals surface area (Å²) >= 11 is 0. The van der Waals surface area contributed by atoms with Gasteiger partial charge in [0.15, 0.2) is 37.0 Å². The Labute approximate surface area is 288 Å². The first-order chi connectivity index (χ1) is 23.0. The Balaban J connectivity index is 2.57. The number of aliphatic hydroxyl groups excluding tert-OH is 1. The lowest BCUT2D eigenvalue weighted by Crippen LogP contribution is -2.66. The number of unbranched alkanes of at least 4 members (excludes halogenated alkanes) is 1. The van der Waals surface area contributed by atoms with E-state index in [0.29, 0.717) is 12.8 Å². The first-order valence-electron chi connectivity index (χ1n) is 17.2. The Morgan fingerprint density at radius 2 is 1.29 bits per heavy atom. The second kappa shape index (κ2) is 20.1. The molecule has 10 unspecified atom stereocenters. The molecule has 2 fully saturated rings. The second-order valence-corrected chi connectivity index (χ2v) is 13.2. The lowest BCUT2D eigenvalue weighted by Gasteiger charge is -2.48. The average molecular weight is 705 g/mol. The van der Waals surface area contributed by atoms with Gasteiger partial charge in [0.1, 0.15) is 24.9 Å². The van der Waals surface area contributed by atoms with Crippen LogP contribution in [0.2, 0.25) is 0 Å². The highest BCUT2D eigenvalue weighted by Gasteiger charge is 2.56. The van der Waals surface area contributed by atoms with E-state index >= 15 is 0 Å². The van der Waals surface area contributed by atoms with E-state index in [-0.39, 0.29) is 19.6 Å². The van der Waals surface area contributed by atoms with E-state index < -0.39 is 109 Å². The molecular formula is C34H56O15. The van der Waals surface area contributed by atoms with Crippen molar-refractivity contribution >= 4 is 29.8 Å². The summed E-state index contributed by atoms with van der Waals surface area (Å²) in [7, 11) is 0. The Morgan fingerprint density at radius 3 is 1.82 bits per heavy atom. The molecule has 0 aromatic heterocycles. The molecule has 0 amide bonds. The summed E-state index contributed by atoms with van der Waals surface area (Å²) in [5, 5.41) is 11.8. The molecule has 10 atom stereocenters. The van der Waals surface area contributed by atoms with Crippen molar-refractivity contribution in [1.29, 1.82) is 0 Å². The predicted octanol–water partition coefficient (Wildman–Crippen LogP) is 3.00. The van der Waals surface area contributed by atoms with Gasteiger partial charge in [-0.05, 0) is 19.8 Å². The predicted molar refractivity (Wildman–Crippen MR) is 170 cm³/mol. The Kier molecular flexibility index (Phi) is 17.4. The van der Waals surface area contributed by atoms with E-state index in [1.807, 2.05) is 6.92 Å². The zero-order chi connectivity index (χ0) is 37.0. The van der Waals surface area contributed by atoms with Crippen LogP contribution in [0.15, 0.2) is 0 Å². The molecule has 2 aliphatic heterocycles. The number of hydrogen-bond donors (Lipinski definition) is 1. The van der Waals surface area contributed by atoms with Gasteiger partial charge in [0.2, 0.25) is 0 Å². The standard InChI is InChI=1S/C34H56O15/c1-11-13-15-41-33-27(24(37)26(48-32(40)19(7)8)22(45-33)16-42-30(38)17(3)4)49-34-29(46-23(36)14-12-2)28(44-21(10)35)25(20(9)43-34)47-31(39)18(5)6/h17-20,22,24-29,33-34,37H,11-16H2,1-10H3. The zero-order valence-electron chi connectivity index (χ0n) is 30.4. The van der Waals surface area contributed by atoms with Gasteiger partial charge in [0.25, 0.3) is 0 Å². The number of rotatable bonds is 17. The molecule has 15 nitrogen and oxygen atoms in total. The quantitative estimate of drug-likeness (QED) is 0.132. The van der Waals surface area contributed by atoms with E-state index in [2.05, 4.69) is 0 Å². The van der Waals surface area contributed by atoms with Crippen molar-refractivity contribution in [3.05, 3.63) is 0 Å². The number of carbonyl (C=O) groups is 5. The van der Waals surface area contributed by atoms with E-state index in [9.17, 15) is 29.1 Å². The van der Waals surface area contributed by atoms with E-state index in [0.717, 1.165) is 13.3 Å². The van der Waals surface area contributed by atoms with Gasteiger partial charge in [-0.3, -0.25) is 24.0 Å². The Morgan fingerprint density at radius 1 is 0.694 bits per heavy atom. The first kappa shape index (κ1) is 42.3. The number of aliphatic hydroxyl groups is 1. The SMILES string of the molecule is CCCCOC1OC(COC(=O)C(C)C)C(OC(=O)C(C)C)C(O)C1OC1OC(C)C(OC(=O)C(C)C)C(OC(C)=O)C1OC(=O)CCC. The molecule has 0 saturated carbocycles. The molecule has 282 valence electrons. The zero-order valence-corrected chi connectivity index (χ0v) is 30.4. The van der Waals surface area contributed by atoms with E-state index in [4.69, 9.17) is 42.6 Å². The molecule has 2 heterocycles. The summed E-state index contributed by atoms with van der Waals surface area (Å²) in [5.41, 5.74) is 0. The normalized spacial score (nSPS) is 30.2. The maximum absolute atomic E-state index is 12.9. The lowest BCUT2D eigenvalue weighted by molar-refractivity contribution is -0.366. The third kappa shape index (κ3) is 12.5. The summed E-state index contributed by atoms with van der Waals surface area (Å²) in [6.07, 6.45) is -11.6. The van der Waals surface area contributed by atoms with Crippen molar-refractivity contribution in [1.82, 2.24) is 0 Å². The van der Waals surface area contributed by atoms with Crippen LogP contribution >= 0.6 is 0 Å². The van der Waals surface area contributed by atoms with Crippen LogP contribution in [0.3, 0.4) is 0 Å². The van der Waals surface area contributed by atoms with Gasteiger partial charge in [-0.2, -0.15) is 0 Å². The highest BCUT2D eigenvalue weighted by Crippen LogP contribution is 2.35. The molecule has 49 heavy (non-hydrogen) atoms. The number of hydrogen-bond acceptors (Lipinski definition) is 15. The summed E-state index contributed by atoms with van der Waals surface area (Å²) in [5.74, 6) is -4.77. The van der Waals surface area contributed by atoms with Crippen molar-refractivity contribution in [3.63, 3.8) is 0 Å². The van der Waals surface area contributed by atoms with Crippen LogP contribution in [0.25, 0.3) is 0 Å². The molecular weight excluding hydrogens is 648 g/mol. The minimum atomic E-state index is -1.64. The third-order valence-corrected chi connectivity index (χ3v) is 7.75. The van der Waals surface area contributed by atoms with Gasteiger partial charge < -0.3 is 47.7 Å². The maximum Gasteiger partial charge on any atom is 0.308 e. The van der Waals surface area contributed by atoms with Gasteiger partial charge in [-0.15, -0.1) is 0 Å². The van der Waals surface area contributed by atoms with Gasteiger partial charge in [-0.1, -0.05) is 61.8 Å². The lowest BCUT2D eigenvalue weighted by atomic mass is 9.96. The molecule has 1 N–H and O–H groups in total. The minimum Gasteiger partial charge on any atom is -0.463 e. The van der Waals surface area contributed by atoms with E-state index in [1.54, 1.807) is 55.4 Å². The van der Waals surface area contributed by atoms with Crippen LogP contribution in [0.1, 0.15) is 94.9 Å². The summed E-state index contributed by atoms with van der Waals surface area (Å²) in [6, 6.07) is 0. The van der Waals surface area contributed by atoms with E-state index in [1.165, 1.54) is 0 Å². The molecule has 2 saturated heterocycles. The largest absolute Gasteiger partial charge is 0.463 e. The number of ether oxygens (including phenoxy) is 9. The van der Waals surface area contributed by atoms with Crippen LogP contribution in [0.4, 0.5) is 0 Å². The summed E-state index contributed by atoms with van der Waals surface area (Å²) in [6.45, 7) is 16.0. The number of esters is 5. The molecule has 0 spiro atoms. The fourth-order valence-electron chi connectivity index (χ4n) is 4.93. The highest BCUT2D eigenvalue weighted by molar-refractivity contribution is 5.73. The van der Waals surface area contributed by atoms with Crippen molar-refractivity contribution in [2.75, 3.05) is 13.2 Å². The monoisotopic (exact) mass is 704 g/mol. The molecule has 2 aliphatic rings. The molecule has 0 aromatic carbocycles. The average Bonchev–Trinajstić information content (AvgIpc) is 3.02. The van der Waals surface area contributed by atoms with Crippen LogP contribution in [-0.4, -0.2) is 110 Å². The molecule has 0 bridgehead atoms. The van der Waals surface area contributed by atoms with Gasteiger partial charge in [0, 0.05) is 20.0 Å². The molecule has 0 radical (unpaired) electrons. The molecule has 2 rings (SSSR count). The van der Waals surface area contributed by atoms with Crippen LogP contribution < -0.4 is 0 Å². The Bertz CT molecular complexity index is 1090. The third-order valence-electron chi connectivity index (χ3n) is 7.75. The van der Waals surface area contributed by atoms with Gasteiger partial charge in [0.05, 0.1) is 23.9 Å². The summed E-state index contributed by atoms with van der Waals surface area (Å²) < 4.78 is 52.7. The van der Waals surface area contributed by atoms with Crippen molar-refractivity contribution in [3.8, 4) is 0 Å². The maximum atomic E-state index is 12.9. The van der Waals surface area contributed by atoms with Gasteiger partial charge >= 0.3 is 29.8 Å². The van der Waals surface area contributed by atoms with Crippen molar-refractivity contribution < 1.29 is 71.7 Å². The second-order valence-electron chi connectivity index (χ2n) is 13.2. The van der Waals surface area contributed by atoms with Crippen LogP contribution in [-0.2, 0) is 66.6 Å². The number of carbonyl (C=O) groups excluding carboxylic acids is 5. The molecule has 15 heteroatoms. The Hall–Kier alpha value is -2.85.